The fraction of sp³-hybridized carbons (Fsp3) is 0. The van der Waals surface area contributed by atoms with E-state index in [-0.39, 0.29) is 26.6 Å². The maximum Gasteiger partial charge on any atom is 1.00 e. The van der Waals surface area contributed by atoms with Crippen molar-refractivity contribution in [1.82, 2.24) is 0 Å². The van der Waals surface area contributed by atoms with Crippen LogP contribution < -0.4 is 18.9 Å². The Hall–Kier alpha value is -0.263. The number of carboxylic acids is 1. The number of rotatable bonds is 1. The van der Waals surface area contributed by atoms with Crippen molar-refractivity contribution >= 4 is 12.3 Å². The zero-order valence-corrected chi connectivity index (χ0v) is 3.34. The zero-order valence-electron chi connectivity index (χ0n) is 4.34. The molecule has 0 radical (unpaired) electrons. The summed E-state index contributed by atoms with van der Waals surface area (Å²) in [4.78, 5) is 17.9. The fourth-order valence-corrected chi connectivity index (χ4v) is 0. The molecule has 0 unspecified atom stereocenters. The molecule has 0 aliphatic carbocycles. The average molecular weight is 82.0 g/mol. The van der Waals surface area contributed by atoms with Gasteiger partial charge in [-0.25, -0.2) is 4.79 Å². The van der Waals surface area contributed by atoms with Crippen LogP contribution in [-0.4, -0.2) is 17.4 Å². The molecule has 6 heavy (non-hydrogen) atoms. The Morgan fingerprint density at radius 1 is 1.83 bits per heavy atom. The first-order valence-corrected chi connectivity index (χ1v) is 0.952. The summed E-state index contributed by atoms with van der Waals surface area (Å²) in [6.45, 7) is 0. The van der Waals surface area contributed by atoms with Crippen LogP contribution in [0.25, 0.3) is 0 Å². The molecule has 0 aliphatic rings. The van der Waals surface area contributed by atoms with E-state index in [4.69, 9.17) is 14.7 Å². The molecule has 0 spiro atoms. The third kappa shape index (κ3) is 9.28. The molecule has 0 bridgehead atoms. The second-order valence-electron chi connectivity index (χ2n) is 0.456. The summed E-state index contributed by atoms with van der Waals surface area (Å²) in [5.74, 6) is -1.43. The van der Waals surface area contributed by atoms with Crippen molar-refractivity contribution in [3.8, 4) is 0 Å². The third-order valence-corrected chi connectivity index (χ3v) is 0.101. The Morgan fingerprint density at radius 2 is 2.00 bits per heavy atom. The van der Waals surface area contributed by atoms with Crippen molar-refractivity contribution in [3.05, 3.63) is 0 Å². The smallest absolute Gasteiger partial charge is 1.00 e. The van der Waals surface area contributed by atoms with Gasteiger partial charge in [0, 0.05) is 0 Å². The first-order chi connectivity index (χ1) is 2.27. The van der Waals surface area contributed by atoms with Crippen molar-refractivity contribution in [1.29, 1.82) is 0 Å². The monoisotopic (exact) mass is 82.0 g/mol. The number of aliphatic carboxylic acids is 1. The summed E-state index contributed by atoms with van der Waals surface area (Å²) >= 11 is 0. The number of aldehydes is 1. The molecule has 0 heterocycles. The van der Waals surface area contributed by atoms with E-state index in [1.165, 1.54) is 0 Å². The molecule has 0 rings (SSSR count). The van der Waals surface area contributed by atoms with Gasteiger partial charge in [-0.15, -0.1) is 0 Å². The minimum atomic E-state index is -1.43. The van der Waals surface area contributed by atoms with Gasteiger partial charge in [-0.3, -0.25) is 4.79 Å². The Labute approximate surface area is 48.0 Å². The van der Waals surface area contributed by atoms with Crippen molar-refractivity contribution in [2.24, 2.45) is 0 Å². The SMILES string of the molecule is O=CC(=O)O.[H-].[Li+]. The molecular weight excluding hydrogens is 79.0 g/mol. The molecule has 1 N–H and O–H groups in total. The maximum atomic E-state index is 9.00. The third-order valence-electron chi connectivity index (χ3n) is 0.101. The van der Waals surface area contributed by atoms with E-state index in [9.17, 15) is 0 Å². The van der Waals surface area contributed by atoms with Crippen LogP contribution in [0, 0.1) is 0 Å². The Kier molecular flexibility index (Phi) is 7.28. The summed E-state index contributed by atoms with van der Waals surface area (Å²) in [5, 5.41) is 7.35. The topological polar surface area (TPSA) is 54.4 Å². The summed E-state index contributed by atoms with van der Waals surface area (Å²) in [5.41, 5.74) is 0. The normalized spacial score (nSPS) is 5.33. The van der Waals surface area contributed by atoms with Crippen molar-refractivity contribution in [2.75, 3.05) is 0 Å². The molecule has 0 saturated heterocycles. The Bertz CT molecular complexity index is 64.0. The van der Waals surface area contributed by atoms with Gasteiger partial charge in [-0.2, -0.15) is 0 Å². The summed E-state index contributed by atoms with van der Waals surface area (Å²) < 4.78 is 0. The molecule has 4 heteroatoms. The van der Waals surface area contributed by atoms with Crippen LogP contribution in [0.4, 0.5) is 0 Å². The minimum absolute atomic E-state index is 0. The predicted molar refractivity (Wildman–Crippen MR) is 14.8 cm³/mol. The summed E-state index contributed by atoms with van der Waals surface area (Å²) in [7, 11) is 0. The molecular formula is C2H3LiO3. The largest absolute Gasteiger partial charge is 1.00 e. The van der Waals surface area contributed by atoms with E-state index < -0.39 is 5.97 Å². The van der Waals surface area contributed by atoms with Crippen molar-refractivity contribution < 1.29 is 35.0 Å². The molecule has 0 aliphatic heterocycles. The van der Waals surface area contributed by atoms with Gasteiger partial charge in [-0.1, -0.05) is 0 Å². The molecule has 3 nitrogen and oxygen atoms in total. The van der Waals surface area contributed by atoms with Gasteiger partial charge in [0.2, 0.25) is 6.29 Å². The number of carbonyl (C=O) groups excluding carboxylic acids is 1. The Morgan fingerprint density at radius 3 is 2.00 bits per heavy atom. The first-order valence-electron chi connectivity index (χ1n) is 0.952. The first kappa shape index (κ1) is 9.22. The van der Waals surface area contributed by atoms with E-state index in [1.807, 2.05) is 0 Å². The molecule has 30 valence electrons. The molecule has 0 atom stereocenters. The molecule has 0 aromatic heterocycles. The molecule has 0 saturated carbocycles. The number of carbonyl (C=O) groups is 2. The standard InChI is InChI=1S/C2H2O3.Li.H/c3-1-2(4)5;;/h1H,(H,4,5);;/q;+1;-1. The zero-order chi connectivity index (χ0) is 4.28. The average Bonchev–Trinajstić information content (AvgIpc) is 1.38. The van der Waals surface area contributed by atoms with E-state index >= 15 is 0 Å². The van der Waals surface area contributed by atoms with Gasteiger partial charge in [-0.05, 0) is 0 Å². The molecule has 0 aromatic rings. The molecule has 0 fully saturated rings. The van der Waals surface area contributed by atoms with Crippen molar-refractivity contribution in [3.63, 3.8) is 0 Å². The van der Waals surface area contributed by atoms with Crippen molar-refractivity contribution in [2.45, 2.75) is 0 Å². The molecule has 0 aromatic carbocycles. The number of hydrogen-bond acceptors (Lipinski definition) is 2. The predicted octanol–water partition coefficient (Wildman–Crippen LogP) is -3.61. The second-order valence-corrected chi connectivity index (χ2v) is 0.456. The maximum absolute atomic E-state index is 9.00. The van der Waals surface area contributed by atoms with Crippen LogP contribution in [0.2, 0.25) is 0 Å². The van der Waals surface area contributed by atoms with E-state index in [0.717, 1.165) is 0 Å². The fourth-order valence-electron chi connectivity index (χ4n) is 0. The van der Waals surface area contributed by atoms with Crippen LogP contribution in [0.3, 0.4) is 0 Å². The van der Waals surface area contributed by atoms with Gasteiger partial charge < -0.3 is 6.53 Å². The quantitative estimate of drug-likeness (QED) is 0.202. The van der Waals surface area contributed by atoms with Gasteiger partial charge >= 0.3 is 24.8 Å². The van der Waals surface area contributed by atoms with Gasteiger partial charge in [0.25, 0.3) is 0 Å². The van der Waals surface area contributed by atoms with E-state index in [1.54, 1.807) is 0 Å². The minimum Gasteiger partial charge on any atom is -1.00 e. The van der Waals surface area contributed by atoms with Crippen LogP contribution in [-0.2, 0) is 9.59 Å². The van der Waals surface area contributed by atoms with Crippen LogP contribution >= 0.6 is 0 Å². The van der Waals surface area contributed by atoms with Gasteiger partial charge in [0.15, 0.2) is 0 Å². The van der Waals surface area contributed by atoms with Gasteiger partial charge in [0.05, 0.1) is 0 Å². The second kappa shape index (κ2) is 4.74. The number of hydrogen-bond donors (Lipinski definition) is 1. The van der Waals surface area contributed by atoms with Crippen LogP contribution in [0.15, 0.2) is 0 Å². The summed E-state index contributed by atoms with van der Waals surface area (Å²) in [6, 6.07) is 0. The number of carboxylic acid groups (broad SMARTS) is 1. The van der Waals surface area contributed by atoms with E-state index in [2.05, 4.69) is 0 Å². The van der Waals surface area contributed by atoms with Crippen LogP contribution in [0.1, 0.15) is 1.43 Å². The Balaban J connectivity index is -0.0000000800. The van der Waals surface area contributed by atoms with Gasteiger partial charge in [0.1, 0.15) is 0 Å². The van der Waals surface area contributed by atoms with E-state index in [0.29, 0.717) is 0 Å². The van der Waals surface area contributed by atoms with Crippen LogP contribution in [0.5, 0.6) is 0 Å². The molecule has 0 amide bonds. The summed E-state index contributed by atoms with van der Waals surface area (Å²) in [6.07, 6.45) is -0.167.